The van der Waals surface area contributed by atoms with Crippen molar-refractivity contribution in [2.45, 2.75) is 180 Å². The normalized spacial score (nSPS) is 14.1. The summed E-state index contributed by atoms with van der Waals surface area (Å²) < 4.78 is 33.1. The van der Waals surface area contributed by atoms with Crippen LogP contribution < -0.4 is 5.73 Å². The molecule has 52 heavy (non-hydrogen) atoms. The molecule has 0 aliphatic carbocycles. The number of carbonyl (C=O) groups is 1. The smallest absolute Gasteiger partial charge is 0.472 e. The lowest BCUT2D eigenvalue weighted by Gasteiger charge is -2.19. The largest absolute Gasteiger partial charge is 0.498 e. The first-order valence-corrected chi connectivity index (χ1v) is 22.3. The summed E-state index contributed by atoms with van der Waals surface area (Å²) in [5, 5.41) is 0. The zero-order chi connectivity index (χ0) is 38.1. The van der Waals surface area contributed by atoms with Gasteiger partial charge < -0.3 is 20.1 Å². The second-order valence-electron chi connectivity index (χ2n) is 13.6. The molecule has 0 aliphatic rings. The first-order chi connectivity index (χ1) is 25.4. The predicted octanol–water partition coefficient (Wildman–Crippen LogP) is 12.5. The van der Waals surface area contributed by atoms with Crippen molar-refractivity contribution in [2.75, 3.05) is 26.4 Å². The van der Waals surface area contributed by atoms with E-state index in [0.29, 0.717) is 6.42 Å². The number of carbonyl (C=O) groups excluding carboxylic acids is 1. The molecule has 0 aliphatic heterocycles. The fourth-order valence-corrected chi connectivity index (χ4v) is 6.19. The van der Waals surface area contributed by atoms with Crippen LogP contribution in [0.25, 0.3) is 0 Å². The summed E-state index contributed by atoms with van der Waals surface area (Å²) in [4.78, 5) is 22.4. The number of hydrogen-bond donors (Lipinski definition) is 2. The zero-order valence-corrected chi connectivity index (χ0v) is 34.2. The summed E-state index contributed by atoms with van der Waals surface area (Å²) in [7, 11) is -4.31. The first kappa shape index (κ1) is 50.0. The van der Waals surface area contributed by atoms with Crippen molar-refractivity contribution < 1.29 is 32.8 Å². The molecule has 0 saturated heterocycles. The van der Waals surface area contributed by atoms with Crippen LogP contribution in [-0.2, 0) is 27.9 Å². The molecule has 0 rings (SSSR count). The molecule has 8 nitrogen and oxygen atoms in total. The van der Waals surface area contributed by atoms with Crippen molar-refractivity contribution in [1.82, 2.24) is 0 Å². The number of unbranched alkanes of at least 4 members (excludes halogenated alkanes) is 18. The lowest BCUT2D eigenvalue weighted by atomic mass is 10.0. The number of rotatable bonds is 39. The SMILES string of the molecule is CCCCCC=CCC=CCC=CCC=CCCCC(=O)O[C@H](COC=CCCCCCCCCCCCCCCCC)COP(=O)(O)OCCN. The average molecular weight is 752 g/mol. The molecule has 0 aromatic carbocycles. The third-order valence-electron chi connectivity index (χ3n) is 8.50. The number of nitrogens with two attached hydrogens (primary N) is 1. The standard InChI is InChI=1S/C43H78NO7P/c1-3-5-7-9-11-13-15-17-19-21-22-24-26-28-30-32-34-36-43(45)51-42(41-50-52(46,47)49-39-37-44)40-48-38-35-33-31-29-27-25-23-20-18-16-14-12-10-8-6-4-2/h11,13,17,19,22,24,28,30,35,38,42H,3-10,12,14-16,18,20-21,23,25-27,29,31-34,36-37,39-41,44H2,1-2H3,(H,46,47)/t42-/m1/s1. The highest BCUT2D eigenvalue weighted by Crippen LogP contribution is 2.43. The zero-order valence-electron chi connectivity index (χ0n) is 33.3. The summed E-state index contributed by atoms with van der Waals surface area (Å²) in [6, 6.07) is 0. The molecule has 0 bridgehead atoms. The van der Waals surface area contributed by atoms with E-state index in [1.165, 1.54) is 109 Å². The number of ether oxygens (including phenoxy) is 2. The van der Waals surface area contributed by atoms with Gasteiger partial charge in [0.05, 0.1) is 19.5 Å². The Hall–Kier alpha value is -1.96. The van der Waals surface area contributed by atoms with Gasteiger partial charge in [-0.25, -0.2) is 4.57 Å². The highest BCUT2D eigenvalue weighted by molar-refractivity contribution is 7.47. The van der Waals surface area contributed by atoms with Gasteiger partial charge in [-0.2, -0.15) is 0 Å². The summed E-state index contributed by atoms with van der Waals surface area (Å²) in [5.41, 5.74) is 5.35. The Labute approximate surface area is 319 Å². The van der Waals surface area contributed by atoms with Gasteiger partial charge in [0, 0.05) is 13.0 Å². The maximum atomic E-state index is 12.5. The topological polar surface area (TPSA) is 117 Å². The molecule has 302 valence electrons. The van der Waals surface area contributed by atoms with Crippen LogP contribution in [0.15, 0.2) is 60.9 Å². The molecule has 9 heteroatoms. The van der Waals surface area contributed by atoms with Crippen molar-refractivity contribution in [1.29, 1.82) is 0 Å². The monoisotopic (exact) mass is 752 g/mol. The summed E-state index contributed by atoms with van der Waals surface area (Å²) in [6.45, 7) is 4.14. The van der Waals surface area contributed by atoms with Crippen LogP contribution in [0, 0.1) is 0 Å². The van der Waals surface area contributed by atoms with Crippen LogP contribution in [0.2, 0.25) is 0 Å². The van der Waals surface area contributed by atoms with Crippen molar-refractivity contribution in [3.8, 4) is 0 Å². The lowest BCUT2D eigenvalue weighted by Crippen LogP contribution is -2.27. The average Bonchev–Trinajstić information content (AvgIpc) is 3.13. The number of allylic oxidation sites excluding steroid dienone is 9. The summed E-state index contributed by atoms with van der Waals surface area (Å²) >= 11 is 0. The summed E-state index contributed by atoms with van der Waals surface area (Å²) in [6.07, 6.45) is 49.1. The predicted molar refractivity (Wildman–Crippen MR) is 219 cm³/mol. The van der Waals surface area contributed by atoms with Crippen LogP contribution in [0.4, 0.5) is 0 Å². The molecule has 0 amide bonds. The highest BCUT2D eigenvalue weighted by Gasteiger charge is 2.25. The second-order valence-corrected chi connectivity index (χ2v) is 15.0. The molecular formula is C43H78NO7P. The second kappa shape index (κ2) is 40.2. The molecule has 3 N–H and O–H groups in total. The highest BCUT2D eigenvalue weighted by atomic mass is 31.2. The van der Waals surface area contributed by atoms with Gasteiger partial charge in [0.1, 0.15) is 6.61 Å². The van der Waals surface area contributed by atoms with E-state index in [1.807, 2.05) is 6.08 Å². The molecule has 0 aromatic heterocycles. The number of hydrogen-bond acceptors (Lipinski definition) is 7. The van der Waals surface area contributed by atoms with E-state index in [1.54, 1.807) is 6.26 Å². The molecule has 0 heterocycles. The molecule has 0 aromatic rings. The number of phosphoric acid groups is 1. The Balaban J connectivity index is 4.21. The van der Waals surface area contributed by atoms with Gasteiger partial charge in [0.25, 0.3) is 0 Å². The van der Waals surface area contributed by atoms with Crippen molar-refractivity contribution in [3.05, 3.63) is 60.9 Å². The number of esters is 1. The Bertz CT molecular complexity index is 979. The minimum absolute atomic E-state index is 0.00897. The maximum Gasteiger partial charge on any atom is 0.472 e. The lowest BCUT2D eigenvalue weighted by molar-refractivity contribution is -0.153. The van der Waals surface area contributed by atoms with E-state index < -0.39 is 19.9 Å². The van der Waals surface area contributed by atoms with E-state index in [9.17, 15) is 14.3 Å². The number of phosphoric ester groups is 1. The van der Waals surface area contributed by atoms with Gasteiger partial charge in [-0.15, -0.1) is 0 Å². The van der Waals surface area contributed by atoms with Gasteiger partial charge >= 0.3 is 13.8 Å². The molecule has 1 unspecified atom stereocenters. The van der Waals surface area contributed by atoms with Crippen molar-refractivity contribution in [3.63, 3.8) is 0 Å². The van der Waals surface area contributed by atoms with Crippen LogP contribution in [0.1, 0.15) is 174 Å². The van der Waals surface area contributed by atoms with Gasteiger partial charge in [-0.05, 0) is 63.9 Å². The van der Waals surface area contributed by atoms with Gasteiger partial charge in [0.2, 0.25) is 0 Å². The Morgan fingerprint density at radius 3 is 1.58 bits per heavy atom. The van der Waals surface area contributed by atoms with Crippen LogP contribution in [0.5, 0.6) is 0 Å². The van der Waals surface area contributed by atoms with E-state index in [2.05, 4.69) is 62.5 Å². The van der Waals surface area contributed by atoms with Gasteiger partial charge in [-0.3, -0.25) is 13.8 Å². The minimum Gasteiger partial charge on any atom is -0.498 e. The van der Waals surface area contributed by atoms with Crippen LogP contribution in [-0.4, -0.2) is 43.3 Å². The Morgan fingerprint density at radius 2 is 1.04 bits per heavy atom. The maximum absolute atomic E-state index is 12.5. The van der Waals surface area contributed by atoms with Gasteiger partial charge in [-0.1, -0.05) is 159 Å². The Morgan fingerprint density at radius 1 is 0.596 bits per heavy atom. The third-order valence-corrected chi connectivity index (χ3v) is 9.49. The van der Waals surface area contributed by atoms with E-state index in [-0.39, 0.29) is 32.8 Å². The molecule has 0 spiro atoms. The van der Waals surface area contributed by atoms with Crippen LogP contribution in [0.3, 0.4) is 0 Å². The molecule has 2 atom stereocenters. The van der Waals surface area contributed by atoms with Gasteiger partial charge in [0.15, 0.2) is 6.10 Å². The van der Waals surface area contributed by atoms with E-state index in [4.69, 9.17) is 24.3 Å². The van der Waals surface area contributed by atoms with Crippen LogP contribution >= 0.6 is 7.82 Å². The molecular weight excluding hydrogens is 673 g/mol. The first-order valence-electron chi connectivity index (χ1n) is 20.8. The van der Waals surface area contributed by atoms with E-state index in [0.717, 1.165) is 38.5 Å². The van der Waals surface area contributed by atoms with E-state index >= 15 is 0 Å². The molecule has 0 saturated carbocycles. The fraction of sp³-hybridized carbons (Fsp3) is 0.744. The van der Waals surface area contributed by atoms with Crippen molar-refractivity contribution in [2.24, 2.45) is 5.73 Å². The third kappa shape index (κ3) is 39.3. The Kier molecular flexibility index (Phi) is 38.7. The molecule has 0 radical (unpaired) electrons. The minimum atomic E-state index is -4.31. The quantitative estimate of drug-likeness (QED) is 0.0210. The summed E-state index contributed by atoms with van der Waals surface area (Å²) in [5.74, 6) is -0.407. The fourth-order valence-electron chi connectivity index (χ4n) is 5.42. The molecule has 0 fully saturated rings. The van der Waals surface area contributed by atoms with Crippen molar-refractivity contribution >= 4 is 13.8 Å².